The summed E-state index contributed by atoms with van der Waals surface area (Å²) in [6, 6.07) is 8.13. The Kier molecular flexibility index (Phi) is 4.60. The second-order valence-electron chi connectivity index (χ2n) is 3.77. The second-order valence-corrected chi connectivity index (χ2v) is 8.08. The summed E-state index contributed by atoms with van der Waals surface area (Å²) in [5.74, 6) is -0.423. The minimum absolute atomic E-state index is 0.361. The van der Waals surface area contributed by atoms with Crippen LogP contribution in [0.2, 0.25) is 0 Å². The quantitative estimate of drug-likeness (QED) is 0.731. The number of carbonyl (C=O) groups excluding carboxylic acids is 1. The zero-order valence-corrected chi connectivity index (χ0v) is 11.3. The van der Waals surface area contributed by atoms with Crippen LogP contribution < -0.4 is 4.72 Å². The van der Waals surface area contributed by atoms with Gasteiger partial charge in [-0.05, 0) is 0 Å². The molecule has 1 aromatic rings. The molecule has 1 rings (SSSR count). The fourth-order valence-electron chi connectivity index (χ4n) is 1.23. The van der Waals surface area contributed by atoms with Crippen LogP contribution in [0.15, 0.2) is 30.3 Å². The maximum atomic E-state index is 11.6. The fraction of sp³-hybridized carbons (Fsp3) is 0.300. The summed E-state index contributed by atoms with van der Waals surface area (Å²) in [4.78, 5) is 11.6. The molecule has 0 aliphatic carbocycles. The Morgan fingerprint density at radius 3 is 2.17 bits per heavy atom. The van der Waals surface area contributed by atoms with E-state index in [0.717, 1.165) is 6.26 Å². The lowest BCUT2D eigenvalue weighted by Crippen LogP contribution is -2.33. The molecule has 18 heavy (non-hydrogen) atoms. The third-order valence-corrected chi connectivity index (χ3v) is 5.46. The average Bonchev–Trinajstić information content (AvgIpc) is 2.24. The molecular formula is C10H13NO5S2. The van der Waals surface area contributed by atoms with Crippen LogP contribution in [0.3, 0.4) is 0 Å². The summed E-state index contributed by atoms with van der Waals surface area (Å²) in [5.41, 5.74) is 0.361. The molecule has 100 valence electrons. The lowest BCUT2D eigenvalue weighted by molar-refractivity contribution is 0.0997. The molecular weight excluding hydrogens is 278 g/mol. The zero-order valence-electron chi connectivity index (χ0n) is 9.66. The van der Waals surface area contributed by atoms with Gasteiger partial charge in [0, 0.05) is 11.8 Å². The van der Waals surface area contributed by atoms with Gasteiger partial charge in [-0.25, -0.2) is 21.6 Å². The number of sulfone groups is 1. The smallest absolute Gasteiger partial charge is 0.226 e. The molecule has 0 atom stereocenters. The van der Waals surface area contributed by atoms with Crippen molar-refractivity contribution in [2.45, 2.75) is 0 Å². The minimum Gasteiger partial charge on any atom is -0.293 e. The van der Waals surface area contributed by atoms with Crippen LogP contribution in [0, 0.1) is 0 Å². The standard InChI is InChI=1S/C10H13NO5S2/c1-17(13,14)8-18(15,16)11-7-10(12)9-5-3-2-4-6-9/h2-6,11H,7-8H2,1H3. The predicted octanol–water partition coefficient (Wildman–Crippen LogP) is -0.209. The van der Waals surface area contributed by atoms with Gasteiger partial charge in [0.1, 0.15) is 0 Å². The average molecular weight is 291 g/mol. The number of Topliss-reactive ketones (excluding diaryl/α,β-unsaturated/α-hetero) is 1. The van der Waals surface area contributed by atoms with E-state index in [2.05, 4.69) is 0 Å². The van der Waals surface area contributed by atoms with E-state index in [-0.39, 0.29) is 0 Å². The predicted molar refractivity (Wildman–Crippen MR) is 67.4 cm³/mol. The van der Waals surface area contributed by atoms with Crippen LogP contribution in [0.5, 0.6) is 0 Å². The van der Waals surface area contributed by atoms with Crippen molar-refractivity contribution < 1.29 is 21.6 Å². The molecule has 0 heterocycles. The van der Waals surface area contributed by atoms with Crippen LogP contribution in [0.1, 0.15) is 10.4 Å². The van der Waals surface area contributed by atoms with Crippen LogP contribution in [0.25, 0.3) is 0 Å². The van der Waals surface area contributed by atoms with E-state index in [1.807, 2.05) is 4.72 Å². The van der Waals surface area contributed by atoms with Gasteiger partial charge < -0.3 is 0 Å². The molecule has 1 N–H and O–H groups in total. The lowest BCUT2D eigenvalue weighted by atomic mass is 10.1. The van der Waals surface area contributed by atoms with Crippen molar-refractivity contribution >= 4 is 25.6 Å². The first kappa shape index (κ1) is 14.8. The molecule has 0 saturated carbocycles. The van der Waals surface area contributed by atoms with E-state index < -0.39 is 37.3 Å². The van der Waals surface area contributed by atoms with Crippen molar-refractivity contribution in [2.75, 3.05) is 17.9 Å². The normalized spacial score (nSPS) is 12.3. The number of sulfonamides is 1. The molecule has 0 aromatic heterocycles. The highest BCUT2D eigenvalue weighted by molar-refractivity contribution is 8.06. The van der Waals surface area contributed by atoms with E-state index in [1.165, 1.54) is 0 Å². The molecule has 1 aromatic carbocycles. The topological polar surface area (TPSA) is 97.4 Å². The van der Waals surface area contributed by atoms with Gasteiger partial charge in [-0.2, -0.15) is 0 Å². The van der Waals surface area contributed by atoms with Gasteiger partial charge in [0.05, 0.1) is 6.54 Å². The van der Waals surface area contributed by atoms with Crippen molar-refractivity contribution in [2.24, 2.45) is 0 Å². The molecule has 0 saturated heterocycles. The Hall–Kier alpha value is -1.25. The van der Waals surface area contributed by atoms with E-state index in [9.17, 15) is 21.6 Å². The number of hydrogen-bond acceptors (Lipinski definition) is 5. The number of ketones is 1. The van der Waals surface area contributed by atoms with Crippen molar-refractivity contribution in [3.63, 3.8) is 0 Å². The summed E-state index contributed by atoms with van der Waals surface area (Å²) >= 11 is 0. The number of rotatable bonds is 6. The molecule has 6 nitrogen and oxygen atoms in total. The lowest BCUT2D eigenvalue weighted by Gasteiger charge is -2.05. The highest BCUT2D eigenvalue weighted by Crippen LogP contribution is 2.00. The van der Waals surface area contributed by atoms with Crippen molar-refractivity contribution in [1.82, 2.24) is 4.72 Å². The molecule has 0 unspecified atom stereocenters. The highest BCUT2D eigenvalue weighted by Gasteiger charge is 2.19. The van der Waals surface area contributed by atoms with Gasteiger partial charge in [0.25, 0.3) is 0 Å². The number of hydrogen-bond donors (Lipinski definition) is 1. The molecule has 0 spiro atoms. The van der Waals surface area contributed by atoms with Gasteiger partial charge in [-0.1, -0.05) is 30.3 Å². The molecule has 8 heteroatoms. The van der Waals surface area contributed by atoms with Crippen LogP contribution in [0.4, 0.5) is 0 Å². The summed E-state index contributed by atoms with van der Waals surface area (Å²) in [5, 5.41) is -1.03. The summed E-state index contributed by atoms with van der Waals surface area (Å²) in [7, 11) is -7.66. The van der Waals surface area contributed by atoms with Crippen molar-refractivity contribution in [3.05, 3.63) is 35.9 Å². The Balaban J connectivity index is 2.64. The molecule has 0 amide bonds. The second kappa shape index (κ2) is 5.59. The molecule has 0 aliphatic heterocycles. The first-order valence-corrected chi connectivity index (χ1v) is 8.64. The summed E-state index contributed by atoms with van der Waals surface area (Å²) in [6.45, 7) is -0.456. The van der Waals surface area contributed by atoms with Gasteiger partial charge in [-0.15, -0.1) is 0 Å². The Morgan fingerprint density at radius 2 is 1.67 bits per heavy atom. The van der Waals surface area contributed by atoms with Crippen LogP contribution in [-0.2, 0) is 19.9 Å². The first-order chi connectivity index (χ1) is 8.20. The SMILES string of the molecule is CS(=O)(=O)CS(=O)(=O)NCC(=O)c1ccccc1. The van der Waals surface area contributed by atoms with Gasteiger partial charge in [0.15, 0.2) is 20.7 Å². The zero-order chi connectivity index (χ0) is 13.8. The summed E-state index contributed by atoms with van der Waals surface area (Å²) in [6.07, 6.45) is 0.811. The Labute approximate surface area is 106 Å². The maximum Gasteiger partial charge on any atom is 0.226 e. The first-order valence-electron chi connectivity index (χ1n) is 4.93. The molecule has 0 radical (unpaired) electrons. The van der Waals surface area contributed by atoms with E-state index in [4.69, 9.17) is 0 Å². The monoisotopic (exact) mass is 291 g/mol. The van der Waals surface area contributed by atoms with Crippen molar-refractivity contribution in [1.29, 1.82) is 0 Å². The Bertz CT molecular complexity index is 619. The molecule has 0 bridgehead atoms. The fourth-order valence-corrected chi connectivity index (χ4v) is 4.16. The highest BCUT2D eigenvalue weighted by atomic mass is 32.3. The third-order valence-electron chi connectivity index (χ3n) is 1.92. The van der Waals surface area contributed by atoms with Crippen molar-refractivity contribution in [3.8, 4) is 0 Å². The molecule has 0 aliphatic rings. The maximum absolute atomic E-state index is 11.6. The number of benzene rings is 1. The largest absolute Gasteiger partial charge is 0.293 e. The summed E-state index contributed by atoms with van der Waals surface area (Å²) < 4.78 is 46.4. The van der Waals surface area contributed by atoms with E-state index in [0.29, 0.717) is 5.56 Å². The minimum atomic E-state index is -4.00. The van der Waals surface area contributed by atoms with Gasteiger partial charge in [-0.3, -0.25) is 4.79 Å². The van der Waals surface area contributed by atoms with E-state index in [1.54, 1.807) is 30.3 Å². The van der Waals surface area contributed by atoms with Gasteiger partial charge in [0.2, 0.25) is 10.0 Å². The van der Waals surface area contributed by atoms with E-state index >= 15 is 0 Å². The number of carbonyl (C=O) groups is 1. The molecule has 0 fully saturated rings. The van der Waals surface area contributed by atoms with Crippen LogP contribution >= 0.6 is 0 Å². The Morgan fingerprint density at radius 1 is 1.11 bits per heavy atom. The van der Waals surface area contributed by atoms with Gasteiger partial charge >= 0.3 is 0 Å². The third kappa shape index (κ3) is 5.39. The number of nitrogens with one attached hydrogen (secondary N) is 1. The van der Waals surface area contributed by atoms with Crippen LogP contribution in [-0.4, -0.2) is 40.5 Å².